The van der Waals surface area contributed by atoms with Crippen LogP contribution >= 0.6 is 0 Å². The van der Waals surface area contributed by atoms with Crippen LogP contribution in [0.3, 0.4) is 0 Å². The lowest BCUT2D eigenvalue weighted by atomic mass is 10.1. The van der Waals surface area contributed by atoms with Gasteiger partial charge in [-0.15, -0.1) is 0 Å². The molecule has 0 bridgehead atoms. The number of nitrogen functional groups attached to an aromatic ring is 1. The molecule has 0 aliphatic carbocycles. The van der Waals surface area contributed by atoms with Gasteiger partial charge in [0.2, 0.25) is 5.91 Å². The topological polar surface area (TPSA) is 64.1 Å². The highest BCUT2D eigenvalue weighted by molar-refractivity contribution is 5.84. The summed E-state index contributed by atoms with van der Waals surface area (Å²) in [5.41, 5.74) is 7.40. The average molecular weight is 258 g/mol. The molecule has 1 amide bonds. The second-order valence-electron chi connectivity index (χ2n) is 5.06. The van der Waals surface area contributed by atoms with E-state index in [4.69, 9.17) is 5.73 Å². The predicted molar refractivity (Wildman–Crippen MR) is 74.6 cm³/mol. The number of fused-ring (bicyclic) bond motifs is 1. The number of nitrogens with zero attached hydrogens (tertiary/aromatic N) is 3. The lowest BCUT2D eigenvalue weighted by Crippen LogP contribution is -2.37. The van der Waals surface area contributed by atoms with Crippen molar-refractivity contribution in [2.24, 2.45) is 0 Å². The van der Waals surface area contributed by atoms with Crippen LogP contribution in [0, 0.1) is 0 Å². The van der Waals surface area contributed by atoms with E-state index in [1.54, 1.807) is 10.9 Å². The molecule has 1 aromatic heterocycles. The highest BCUT2D eigenvalue weighted by Crippen LogP contribution is 2.17. The van der Waals surface area contributed by atoms with Gasteiger partial charge in [-0.2, -0.15) is 5.10 Å². The number of carbonyl (C=O) groups excluding carboxylic acids is 1. The lowest BCUT2D eigenvalue weighted by molar-refractivity contribution is -0.132. The van der Waals surface area contributed by atoms with E-state index in [9.17, 15) is 4.79 Å². The van der Waals surface area contributed by atoms with Gasteiger partial charge in [0.1, 0.15) is 6.54 Å². The molecule has 1 aromatic carbocycles. The molecule has 1 saturated heterocycles. The summed E-state index contributed by atoms with van der Waals surface area (Å²) in [6, 6.07) is 5.65. The summed E-state index contributed by atoms with van der Waals surface area (Å²) in [7, 11) is 0. The molecule has 2 heterocycles. The number of anilines is 1. The first-order valence-corrected chi connectivity index (χ1v) is 6.73. The molecule has 100 valence electrons. The zero-order chi connectivity index (χ0) is 13.2. The highest BCUT2D eigenvalue weighted by atomic mass is 16.2. The third-order valence-corrected chi connectivity index (χ3v) is 3.66. The first-order chi connectivity index (χ1) is 9.24. The Morgan fingerprint density at radius 2 is 2.05 bits per heavy atom. The summed E-state index contributed by atoms with van der Waals surface area (Å²) in [6.07, 6.45) is 5.22. The van der Waals surface area contributed by atoms with Gasteiger partial charge in [-0.1, -0.05) is 0 Å². The molecule has 0 saturated carbocycles. The molecule has 5 heteroatoms. The first-order valence-electron chi connectivity index (χ1n) is 6.73. The molecular weight excluding hydrogens is 240 g/mol. The molecule has 5 nitrogen and oxygen atoms in total. The average Bonchev–Trinajstić information content (AvgIpc) is 2.82. The fourth-order valence-electron chi connectivity index (χ4n) is 2.58. The van der Waals surface area contributed by atoms with E-state index in [0.29, 0.717) is 12.2 Å². The van der Waals surface area contributed by atoms with Gasteiger partial charge in [0, 0.05) is 24.2 Å². The van der Waals surface area contributed by atoms with Crippen LogP contribution in [0.2, 0.25) is 0 Å². The Hall–Kier alpha value is -2.04. The number of nitrogens with two attached hydrogens (primary N) is 1. The summed E-state index contributed by atoms with van der Waals surface area (Å²) in [6.45, 7) is 2.05. The molecule has 19 heavy (non-hydrogen) atoms. The van der Waals surface area contributed by atoms with Crippen molar-refractivity contribution in [3.8, 4) is 0 Å². The predicted octanol–water partition coefficient (Wildman–Crippen LogP) is 1.63. The quantitative estimate of drug-likeness (QED) is 0.833. The maximum Gasteiger partial charge on any atom is 0.244 e. The largest absolute Gasteiger partial charge is 0.399 e. The van der Waals surface area contributed by atoms with E-state index >= 15 is 0 Å². The second kappa shape index (κ2) is 4.91. The smallest absolute Gasteiger partial charge is 0.244 e. The first kappa shape index (κ1) is 12.0. The van der Waals surface area contributed by atoms with E-state index in [1.807, 2.05) is 23.1 Å². The van der Waals surface area contributed by atoms with Crippen LogP contribution in [0.15, 0.2) is 24.4 Å². The maximum absolute atomic E-state index is 12.2. The summed E-state index contributed by atoms with van der Waals surface area (Å²) in [5.74, 6) is 0.145. The summed E-state index contributed by atoms with van der Waals surface area (Å²) < 4.78 is 1.74. The minimum Gasteiger partial charge on any atom is -0.399 e. The Kier molecular flexibility index (Phi) is 3.11. The van der Waals surface area contributed by atoms with Crippen molar-refractivity contribution in [3.05, 3.63) is 24.4 Å². The van der Waals surface area contributed by atoms with Gasteiger partial charge in [-0.3, -0.25) is 9.48 Å². The fourth-order valence-corrected chi connectivity index (χ4v) is 2.58. The zero-order valence-corrected chi connectivity index (χ0v) is 10.9. The molecule has 1 aliphatic heterocycles. The standard InChI is InChI=1S/C14H18N4O/c15-12-5-4-11-9-16-18(13(11)8-12)10-14(19)17-6-2-1-3-7-17/h4-5,8-9H,1-3,6-7,10,15H2. The Labute approximate surface area is 112 Å². The van der Waals surface area contributed by atoms with Crippen molar-refractivity contribution in [2.75, 3.05) is 18.8 Å². The van der Waals surface area contributed by atoms with E-state index in [1.165, 1.54) is 6.42 Å². The molecule has 0 unspecified atom stereocenters. The monoisotopic (exact) mass is 258 g/mol. The Balaban J connectivity index is 1.80. The van der Waals surface area contributed by atoms with E-state index < -0.39 is 0 Å². The van der Waals surface area contributed by atoms with Crippen LogP contribution in [-0.4, -0.2) is 33.7 Å². The molecule has 1 fully saturated rings. The molecule has 0 spiro atoms. The van der Waals surface area contributed by atoms with E-state index in [0.717, 1.165) is 36.8 Å². The highest BCUT2D eigenvalue weighted by Gasteiger charge is 2.17. The van der Waals surface area contributed by atoms with Gasteiger partial charge in [-0.05, 0) is 37.5 Å². The minimum absolute atomic E-state index is 0.145. The molecular formula is C14H18N4O. The normalized spacial score (nSPS) is 15.9. The third kappa shape index (κ3) is 2.41. The van der Waals surface area contributed by atoms with Crippen LogP contribution in [0.4, 0.5) is 5.69 Å². The van der Waals surface area contributed by atoms with Gasteiger partial charge in [0.05, 0.1) is 11.7 Å². The van der Waals surface area contributed by atoms with Gasteiger partial charge in [-0.25, -0.2) is 0 Å². The number of amides is 1. The lowest BCUT2D eigenvalue weighted by Gasteiger charge is -2.26. The molecule has 1 aliphatic rings. The summed E-state index contributed by atoms with van der Waals surface area (Å²) in [5, 5.41) is 5.30. The van der Waals surface area contributed by atoms with Crippen LogP contribution in [0.25, 0.3) is 10.9 Å². The molecule has 3 rings (SSSR count). The third-order valence-electron chi connectivity index (χ3n) is 3.66. The molecule has 2 N–H and O–H groups in total. The maximum atomic E-state index is 12.2. The van der Waals surface area contributed by atoms with Crippen molar-refractivity contribution >= 4 is 22.5 Å². The number of aromatic nitrogens is 2. The van der Waals surface area contributed by atoms with Crippen molar-refractivity contribution in [2.45, 2.75) is 25.8 Å². The van der Waals surface area contributed by atoms with Gasteiger partial charge >= 0.3 is 0 Å². The van der Waals surface area contributed by atoms with Gasteiger partial charge in [0.25, 0.3) is 0 Å². The number of carbonyl (C=O) groups is 1. The molecule has 0 atom stereocenters. The van der Waals surface area contributed by atoms with Crippen molar-refractivity contribution < 1.29 is 4.79 Å². The number of hydrogen-bond acceptors (Lipinski definition) is 3. The molecule has 0 radical (unpaired) electrons. The fraction of sp³-hybridized carbons (Fsp3) is 0.429. The molecule has 2 aromatic rings. The Morgan fingerprint density at radius 1 is 1.26 bits per heavy atom. The van der Waals surface area contributed by atoms with Crippen LogP contribution < -0.4 is 5.73 Å². The summed E-state index contributed by atoms with van der Waals surface area (Å²) >= 11 is 0. The van der Waals surface area contributed by atoms with E-state index in [2.05, 4.69) is 5.10 Å². The van der Waals surface area contributed by atoms with Crippen molar-refractivity contribution in [1.29, 1.82) is 0 Å². The Morgan fingerprint density at radius 3 is 2.84 bits per heavy atom. The number of hydrogen-bond donors (Lipinski definition) is 1. The van der Waals surface area contributed by atoms with Crippen molar-refractivity contribution in [1.82, 2.24) is 14.7 Å². The minimum atomic E-state index is 0.145. The van der Waals surface area contributed by atoms with E-state index in [-0.39, 0.29) is 5.91 Å². The van der Waals surface area contributed by atoms with Gasteiger partial charge in [0.15, 0.2) is 0 Å². The summed E-state index contributed by atoms with van der Waals surface area (Å²) in [4.78, 5) is 14.2. The van der Waals surface area contributed by atoms with Crippen LogP contribution in [0.1, 0.15) is 19.3 Å². The second-order valence-corrected chi connectivity index (χ2v) is 5.06. The number of rotatable bonds is 2. The zero-order valence-electron chi connectivity index (χ0n) is 10.9. The SMILES string of the molecule is Nc1ccc2cnn(CC(=O)N3CCCCC3)c2c1. The number of benzene rings is 1. The number of piperidine rings is 1. The Bertz CT molecular complexity index is 599. The number of likely N-dealkylation sites (tertiary alicyclic amines) is 1. The van der Waals surface area contributed by atoms with Crippen LogP contribution in [0.5, 0.6) is 0 Å². The van der Waals surface area contributed by atoms with Crippen molar-refractivity contribution in [3.63, 3.8) is 0 Å². The van der Waals surface area contributed by atoms with Crippen LogP contribution in [-0.2, 0) is 11.3 Å². The van der Waals surface area contributed by atoms with Gasteiger partial charge < -0.3 is 10.6 Å².